The summed E-state index contributed by atoms with van der Waals surface area (Å²) in [5.74, 6) is 1.36. The number of anilines is 1. The zero-order chi connectivity index (χ0) is 22.5. The van der Waals surface area contributed by atoms with Gasteiger partial charge in [-0.2, -0.15) is 4.98 Å². The van der Waals surface area contributed by atoms with Crippen molar-refractivity contribution >= 4 is 34.4 Å². The fraction of sp³-hybridized carbons (Fsp3) is 0.720. The van der Waals surface area contributed by atoms with Crippen LogP contribution in [0.2, 0.25) is 5.28 Å². The second-order valence-electron chi connectivity index (χ2n) is 9.60. The molecule has 6 nitrogen and oxygen atoms in total. The molecule has 3 aliphatic rings. The smallest absolute Gasteiger partial charge is 0.311 e. The van der Waals surface area contributed by atoms with Gasteiger partial charge in [0, 0.05) is 18.8 Å². The Morgan fingerprint density at radius 2 is 1.78 bits per heavy atom. The number of ether oxygens (including phenoxy) is 1. The Morgan fingerprint density at radius 3 is 2.50 bits per heavy atom. The minimum atomic E-state index is -0.119. The molecule has 3 aliphatic carbocycles. The molecule has 1 N–H and O–H groups in total. The molecule has 0 aliphatic heterocycles. The van der Waals surface area contributed by atoms with Crippen molar-refractivity contribution in [1.29, 1.82) is 0 Å². The fourth-order valence-electron chi connectivity index (χ4n) is 5.86. The number of carbonyl (C=O) groups excluding carboxylic acids is 1. The molecule has 0 aromatic carbocycles. The molecule has 0 radical (unpaired) electrons. The van der Waals surface area contributed by atoms with Gasteiger partial charge >= 0.3 is 5.97 Å². The lowest BCUT2D eigenvalue weighted by Gasteiger charge is -2.47. The highest BCUT2D eigenvalue weighted by atomic mass is 35.5. The molecule has 5 rings (SSSR count). The summed E-state index contributed by atoms with van der Waals surface area (Å²) in [7, 11) is 1.49. The molecule has 2 bridgehead atoms. The van der Waals surface area contributed by atoms with Gasteiger partial charge in [-0.1, -0.05) is 45.4 Å². The van der Waals surface area contributed by atoms with Crippen LogP contribution in [0.15, 0.2) is 12.3 Å². The van der Waals surface area contributed by atoms with Crippen LogP contribution in [-0.4, -0.2) is 33.7 Å². The normalized spacial score (nSPS) is 24.7. The minimum Gasteiger partial charge on any atom is -0.469 e. The van der Waals surface area contributed by atoms with Crippen LogP contribution in [0.25, 0.3) is 11.0 Å². The first-order valence-electron chi connectivity index (χ1n) is 12.5. The van der Waals surface area contributed by atoms with E-state index in [-0.39, 0.29) is 23.2 Å². The van der Waals surface area contributed by atoms with Crippen LogP contribution in [0.5, 0.6) is 0 Å². The van der Waals surface area contributed by atoms with Gasteiger partial charge in [-0.25, -0.2) is 4.98 Å². The second-order valence-corrected chi connectivity index (χ2v) is 9.94. The Bertz CT molecular complexity index is 907. The lowest BCUT2D eigenvalue weighted by atomic mass is 9.61. The number of hydrogen-bond acceptors (Lipinski definition) is 5. The van der Waals surface area contributed by atoms with E-state index in [1.54, 1.807) is 0 Å². The van der Waals surface area contributed by atoms with E-state index in [0.717, 1.165) is 55.5 Å². The van der Waals surface area contributed by atoms with Gasteiger partial charge in [-0.3, -0.25) is 4.79 Å². The zero-order valence-electron chi connectivity index (χ0n) is 19.5. The maximum absolute atomic E-state index is 12.6. The van der Waals surface area contributed by atoms with Crippen LogP contribution < -0.4 is 5.32 Å². The molecule has 2 heterocycles. The summed E-state index contributed by atoms with van der Waals surface area (Å²) in [5.41, 5.74) is 0.870. The van der Waals surface area contributed by atoms with E-state index in [2.05, 4.69) is 39.0 Å². The van der Waals surface area contributed by atoms with Gasteiger partial charge in [-0.15, -0.1) is 0 Å². The van der Waals surface area contributed by atoms with Crippen LogP contribution >= 0.6 is 11.6 Å². The molecule has 2 unspecified atom stereocenters. The van der Waals surface area contributed by atoms with E-state index < -0.39 is 0 Å². The summed E-state index contributed by atoms with van der Waals surface area (Å²) in [6, 6.07) is 2.11. The van der Waals surface area contributed by atoms with Gasteiger partial charge in [0.1, 0.15) is 11.5 Å². The molecule has 2 aromatic heterocycles. The minimum absolute atomic E-state index is 0.0376. The summed E-state index contributed by atoms with van der Waals surface area (Å²) in [5, 5.41) is 4.84. The van der Waals surface area contributed by atoms with E-state index in [4.69, 9.17) is 16.3 Å². The molecule has 0 saturated heterocycles. The summed E-state index contributed by atoms with van der Waals surface area (Å²) >= 11 is 6.34. The number of methoxy groups -OCH3 is 1. The number of fused-ring (bicyclic) bond motifs is 4. The maximum Gasteiger partial charge on any atom is 0.311 e. The van der Waals surface area contributed by atoms with Crippen molar-refractivity contribution in [3.63, 3.8) is 0 Å². The number of carbonyl (C=O) groups is 1. The van der Waals surface area contributed by atoms with Gasteiger partial charge < -0.3 is 14.6 Å². The number of nitrogens with zero attached hydrogens (tertiary/aromatic N) is 3. The second kappa shape index (κ2) is 10.9. The third-order valence-corrected chi connectivity index (χ3v) is 7.76. The molecular formula is C25H37ClN4O2. The van der Waals surface area contributed by atoms with Gasteiger partial charge in [-0.05, 0) is 61.6 Å². The fourth-order valence-corrected chi connectivity index (χ4v) is 6.02. The predicted octanol–water partition coefficient (Wildman–Crippen LogP) is 6.23. The highest BCUT2D eigenvalue weighted by Crippen LogP contribution is 2.47. The Kier molecular flexibility index (Phi) is 7.93. The number of aromatic nitrogens is 3. The van der Waals surface area contributed by atoms with E-state index in [9.17, 15) is 4.79 Å². The molecule has 0 amide bonds. The van der Waals surface area contributed by atoms with Crippen LogP contribution in [0, 0.1) is 17.8 Å². The van der Waals surface area contributed by atoms with E-state index in [1.807, 2.05) is 0 Å². The average Bonchev–Trinajstić information content (AvgIpc) is 3.21. The topological polar surface area (TPSA) is 69.0 Å². The third kappa shape index (κ3) is 5.05. The van der Waals surface area contributed by atoms with Crippen LogP contribution in [0.1, 0.15) is 77.6 Å². The average molecular weight is 461 g/mol. The van der Waals surface area contributed by atoms with Crippen molar-refractivity contribution in [3.8, 4) is 0 Å². The lowest BCUT2D eigenvalue weighted by molar-refractivity contribution is -0.152. The van der Waals surface area contributed by atoms with Crippen LogP contribution in [-0.2, 0) is 16.1 Å². The molecule has 2 aromatic rings. The standard InChI is InChI=1S/C25H37ClN4O2/c1-3-4-5-6-7-8-9-15-30-16-14-19-22(28-25(26)29-23(19)30)27-21-18-12-10-17(11-13-18)20(21)24(31)32-2/h14,16-18,20-21H,3-13,15H2,1-2H3,(H,27,28,29). The molecule has 176 valence electrons. The Balaban J connectivity index is 1.47. The largest absolute Gasteiger partial charge is 0.469 e. The molecule has 2 atom stereocenters. The van der Waals surface area contributed by atoms with Crippen molar-refractivity contribution in [3.05, 3.63) is 17.5 Å². The van der Waals surface area contributed by atoms with Gasteiger partial charge in [0.05, 0.1) is 18.4 Å². The van der Waals surface area contributed by atoms with E-state index in [1.165, 1.54) is 45.6 Å². The number of hydrogen-bond donors (Lipinski definition) is 1. The van der Waals surface area contributed by atoms with Gasteiger partial charge in [0.2, 0.25) is 5.28 Å². The third-order valence-electron chi connectivity index (χ3n) is 7.59. The number of halogens is 1. The van der Waals surface area contributed by atoms with Crippen LogP contribution in [0.4, 0.5) is 5.82 Å². The summed E-state index contributed by atoms with van der Waals surface area (Å²) < 4.78 is 7.35. The molecule has 7 heteroatoms. The molecule has 3 saturated carbocycles. The predicted molar refractivity (Wildman–Crippen MR) is 129 cm³/mol. The number of rotatable bonds is 11. The number of unbranched alkanes of at least 4 members (excludes halogenated alkanes) is 6. The first-order valence-corrected chi connectivity index (χ1v) is 12.9. The highest BCUT2D eigenvalue weighted by Gasteiger charge is 2.48. The zero-order valence-corrected chi connectivity index (χ0v) is 20.2. The Morgan fingerprint density at radius 1 is 1.09 bits per heavy atom. The van der Waals surface area contributed by atoms with Gasteiger partial charge in [0.15, 0.2) is 0 Å². The van der Waals surface area contributed by atoms with Gasteiger partial charge in [0.25, 0.3) is 0 Å². The molecule has 3 fully saturated rings. The van der Waals surface area contributed by atoms with Crippen molar-refractivity contribution in [2.75, 3.05) is 12.4 Å². The van der Waals surface area contributed by atoms with Crippen molar-refractivity contribution in [1.82, 2.24) is 14.5 Å². The lowest BCUT2D eigenvalue weighted by Crippen LogP contribution is -2.51. The van der Waals surface area contributed by atoms with Crippen LogP contribution in [0.3, 0.4) is 0 Å². The summed E-state index contributed by atoms with van der Waals surface area (Å²) in [6.07, 6.45) is 15.6. The monoisotopic (exact) mass is 460 g/mol. The first kappa shape index (κ1) is 23.3. The van der Waals surface area contributed by atoms with Crippen molar-refractivity contribution in [2.24, 2.45) is 17.8 Å². The number of aryl methyl sites for hydroxylation is 1. The van der Waals surface area contributed by atoms with Crippen molar-refractivity contribution in [2.45, 2.75) is 90.1 Å². The quantitative estimate of drug-likeness (QED) is 0.244. The Labute approximate surface area is 196 Å². The van der Waals surface area contributed by atoms with E-state index >= 15 is 0 Å². The Hall–Kier alpha value is -1.82. The van der Waals surface area contributed by atoms with Crippen molar-refractivity contribution < 1.29 is 9.53 Å². The highest BCUT2D eigenvalue weighted by molar-refractivity contribution is 6.28. The molecule has 32 heavy (non-hydrogen) atoms. The number of esters is 1. The SMILES string of the molecule is CCCCCCCCCn1ccc2c(NC3C4CCC(CC4)C3C(=O)OC)nc(Cl)nc21. The maximum atomic E-state index is 12.6. The number of nitrogens with one attached hydrogen (secondary N) is 1. The molecular weight excluding hydrogens is 424 g/mol. The summed E-state index contributed by atoms with van der Waals surface area (Å²) in [4.78, 5) is 21.7. The molecule has 0 spiro atoms. The summed E-state index contributed by atoms with van der Waals surface area (Å²) in [6.45, 7) is 3.19. The van der Waals surface area contributed by atoms with E-state index in [0.29, 0.717) is 11.8 Å². The first-order chi connectivity index (χ1) is 15.6.